The van der Waals surface area contributed by atoms with Crippen LogP contribution in [0.5, 0.6) is 0 Å². The van der Waals surface area contributed by atoms with E-state index in [9.17, 15) is 22.9 Å². The molecule has 0 bridgehead atoms. The first-order valence-electron chi connectivity index (χ1n) is 9.94. The average Bonchev–Trinajstić information content (AvgIpc) is 3.30. The summed E-state index contributed by atoms with van der Waals surface area (Å²) in [7, 11) is -4.89. The second-order valence-corrected chi connectivity index (χ2v) is 10.6. The van der Waals surface area contributed by atoms with Gasteiger partial charge in [-0.25, -0.2) is 22.9 Å². The lowest BCUT2D eigenvalue weighted by Crippen LogP contribution is -2.35. The van der Waals surface area contributed by atoms with Crippen molar-refractivity contribution in [3.05, 3.63) is 55.7 Å². The molecule has 36 heavy (non-hydrogen) atoms. The number of anilines is 1. The number of phosphoric ester groups is 1. The molecular weight excluding hydrogens is 643 g/mol. The first-order chi connectivity index (χ1) is 16.8. The van der Waals surface area contributed by atoms with Crippen LogP contribution in [0.1, 0.15) is 18.4 Å². The van der Waals surface area contributed by atoms with Crippen LogP contribution in [0.3, 0.4) is 0 Å². The second kappa shape index (κ2) is 10.3. The van der Waals surface area contributed by atoms with Crippen molar-refractivity contribution in [2.75, 3.05) is 11.9 Å². The molecule has 0 aliphatic carbocycles. The van der Waals surface area contributed by atoms with Gasteiger partial charge in [-0.15, -0.1) is 0 Å². The second-order valence-electron chi connectivity index (χ2n) is 7.58. The van der Waals surface area contributed by atoms with E-state index in [-0.39, 0.29) is 12.4 Å². The average molecular weight is 659 g/mol. The minimum Gasteiger partial charge on any atom is -0.456 e. The van der Waals surface area contributed by atoms with Gasteiger partial charge in [-0.05, 0) is 40.2 Å². The highest BCUT2D eigenvalue weighted by Gasteiger charge is 2.52. The van der Waals surface area contributed by atoms with Gasteiger partial charge in [-0.3, -0.25) is 14.4 Å². The molecule has 0 spiro atoms. The summed E-state index contributed by atoms with van der Waals surface area (Å²) >= 11 is 6.73. The number of phosphoric acid groups is 1. The highest BCUT2D eigenvalue weighted by molar-refractivity contribution is 9.11. The molecule has 12 nitrogen and oxygen atoms in total. The maximum absolute atomic E-state index is 14.4. The van der Waals surface area contributed by atoms with Crippen molar-refractivity contribution in [3.8, 4) is 0 Å². The zero-order chi connectivity index (χ0) is 26.3. The fourth-order valence-corrected chi connectivity index (χ4v) is 5.12. The van der Waals surface area contributed by atoms with E-state index in [1.54, 1.807) is 12.1 Å². The number of hydrogen-bond acceptors (Lipinski definition) is 8. The number of fused-ring (bicyclic) bond motifs is 1. The molecule has 1 aromatic carbocycles. The first kappa shape index (κ1) is 26.9. The molecule has 194 valence electrons. The van der Waals surface area contributed by atoms with Gasteiger partial charge < -0.3 is 23.7 Å². The van der Waals surface area contributed by atoms with Gasteiger partial charge in [0, 0.05) is 22.5 Å². The lowest BCUT2D eigenvalue weighted by molar-refractivity contribution is -0.119. The fourth-order valence-electron chi connectivity index (χ4n) is 3.42. The molecule has 4 rings (SSSR count). The molecule has 1 saturated heterocycles. The number of halogens is 4. The molecule has 0 saturated carbocycles. The van der Waals surface area contributed by atoms with E-state index >= 15 is 0 Å². The summed E-state index contributed by atoms with van der Waals surface area (Å²) in [6.45, 7) is -1.04. The Morgan fingerprint density at radius 3 is 2.78 bits per heavy atom. The Labute approximate surface area is 217 Å². The van der Waals surface area contributed by atoms with Crippen LogP contribution in [-0.4, -0.2) is 44.1 Å². The number of ether oxygens (including phenoxy) is 2. The molecule has 2 aromatic heterocycles. The van der Waals surface area contributed by atoms with Crippen molar-refractivity contribution in [1.29, 1.82) is 0 Å². The fraction of sp³-hybridized carbons (Fsp3) is 0.316. The van der Waals surface area contributed by atoms with Crippen LogP contribution in [0.4, 0.5) is 19.4 Å². The Morgan fingerprint density at radius 2 is 2.08 bits per heavy atom. The van der Waals surface area contributed by atoms with Crippen LogP contribution in [0.2, 0.25) is 0 Å². The van der Waals surface area contributed by atoms with Gasteiger partial charge in [0.05, 0.1) is 17.2 Å². The molecule has 3 aromatic rings. The smallest absolute Gasteiger partial charge is 0.456 e. The molecule has 3 heterocycles. The molecule has 1 fully saturated rings. The summed E-state index contributed by atoms with van der Waals surface area (Å²) in [6.07, 6.45) is -4.44. The van der Waals surface area contributed by atoms with Crippen molar-refractivity contribution >= 4 is 62.6 Å². The van der Waals surface area contributed by atoms with Gasteiger partial charge in [0.15, 0.2) is 6.61 Å². The van der Waals surface area contributed by atoms with Crippen LogP contribution in [0.15, 0.2) is 48.6 Å². The third-order valence-corrected chi connectivity index (χ3v) is 6.39. The van der Waals surface area contributed by atoms with Gasteiger partial charge in [-0.2, -0.15) is 4.98 Å². The largest absolute Gasteiger partial charge is 0.469 e. The summed E-state index contributed by atoms with van der Waals surface area (Å²) in [5.41, 5.74) is -0.606. The number of nitrogens with one attached hydrogen (secondary N) is 1. The lowest BCUT2D eigenvalue weighted by Gasteiger charge is -2.20. The minimum atomic E-state index is -4.89. The Bertz CT molecular complexity index is 1410. The molecule has 2 atom stereocenters. The SMILES string of the molecule is O=C(Nc1ccn(C2OC(COP(=O)(O)O)CC2(F)F)c(=O)n1)OCc1cc2cc(Br)cc(Br)c2o1. The van der Waals surface area contributed by atoms with Gasteiger partial charge >= 0.3 is 19.6 Å². The van der Waals surface area contributed by atoms with Crippen molar-refractivity contribution in [1.82, 2.24) is 9.55 Å². The summed E-state index contributed by atoms with van der Waals surface area (Å²) in [5, 5.41) is 2.98. The van der Waals surface area contributed by atoms with Crippen LogP contribution < -0.4 is 11.0 Å². The van der Waals surface area contributed by atoms with Crippen molar-refractivity contribution in [2.24, 2.45) is 0 Å². The summed E-state index contributed by atoms with van der Waals surface area (Å²) in [6, 6.07) is 6.37. The normalized spacial score (nSPS) is 19.5. The number of carbonyl (C=O) groups is 1. The lowest BCUT2D eigenvalue weighted by atomic mass is 10.2. The maximum atomic E-state index is 14.4. The minimum absolute atomic E-state index is 0.234. The number of nitrogens with zero attached hydrogens (tertiary/aromatic N) is 2. The van der Waals surface area contributed by atoms with E-state index in [1.807, 2.05) is 6.07 Å². The van der Waals surface area contributed by atoms with Crippen molar-refractivity contribution in [2.45, 2.75) is 31.3 Å². The molecular formula is C19H16Br2F2N3O9P. The van der Waals surface area contributed by atoms with E-state index in [4.69, 9.17) is 23.7 Å². The number of carbonyl (C=O) groups excluding carboxylic acids is 1. The Morgan fingerprint density at radius 1 is 1.33 bits per heavy atom. The quantitative estimate of drug-likeness (QED) is 0.312. The number of benzene rings is 1. The Hall–Kier alpha value is -2.20. The highest BCUT2D eigenvalue weighted by Crippen LogP contribution is 2.44. The third kappa shape index (κ3) is 6.37. The third-order valence-electron chi connectivity index (χ3n) is 4.86. The molecule has 1 aliphatic rings. The van der Waals surface area contributed by atoms with E-state index < -0.39 is 50.9 Å². The molecule has 1 aliphatic heterocycles. The highest BCUT2D eigenvalue weighted by atomic mass is 79.9. The monoisotopic (exact) mass is 657 g/mol. The number of furan rings is 1. The number of aromatic nitrogens is 2. The van der Waals surface area contributed by atoms with Crippen molar-refractivity contribution < 1.29 is 46.3 Å². The van der Waals surface area contributed by atoms with Crippen LogP contribution in [0.25, 0.3) is 11.0 Å². The zero-order valence-corrected chi connectivity index (χ0v) is 21.8. The van der Waals surface area contributed by atoms with E-state index in [0.717, 1.165) is 22.1 Å². The van der Waals surface area contributed by atoms with Crippen LogP contribution >= 0.6 is 39.7 Å². The van der Waals surface area contributed by atoms with E-state index in [0.29, 0.717) is 20.4 Å². The molecule has 0 radical (unpaired) electrons. The van der Waals surface area contributed by atoms with E-state index in [1.165, 1.54) is 0 Å². The summed E-state index contributed by atoms with van der Waals surface area (Å²) in [5.74, 6) is -3.47. The molecule has 1 amide bonds. The summed E-state index contributed by atoms with van der Waals surface area (Å²) in [4.78, 5) is 45.4. The van der Waals surface area contributed by atoms with Gasteiger partial charge in [0.2, 0.25) is 6.23 Å². The zero-order valence-electron chi connectivity index (χ0n) is 17.8. The molecule has 3 N–H and O–H groups in total. The standard InChI is InChI=1S/C19H16Br2F2N3O9P/c20-10-3-9-4-11(34-15(9)13(21)5-10)7-32-18(28)25-14-1-2-26(17(27)24-14)16-19(22,23)6-12(35-16)8-33-36(29,30)31/h1-5,12,16H,6-8H2,(H2,29,30,31)(H,24,25,27,28). The van der Waals surface area contributed by atoms with Crippen molar-refractivity contribution in [3.63, 3.8) is 0 Å². The predicted molar refractivity (Wildman–Crippen MR) is 125 cm³/mol. The molecule has 2 unspecified atom stereocenters. The number of hydrogen-bond donors (Lipinski definition) is 3. The summed E-state index contributed by atoms with van der Waals surface area (Å²) < 4.78 is 61.5. The maximum Gasteiger partial charge on any atom is 0.469 e. The van der Waals surface area contributed by atoms with Gasteiger partial charge in [0.1, 0.15) is 17.2 Å². The topological polar surface area (TPSA) is 162 Å². The van der Waals surface area contributed by atoms with Crippen LogP contribution in [0, 0.1) is 0 Å². The number of amides is 1. The molecule has 17 heteroatoms. The number of rotatable bonds is 7. The van der Waals surface area contributed by atoms with Crippen LogP contribution in [-0.2, 0) is 25.2 Å². The van der Waals surface area contributed by atoms with E-state index in [2.05, 4.69) is 46.7 Å². The Kier molecular flexibility index (Phi) is 7.67. The van der Waals surface area contributed by atoms with Gasteiger partial charge in [-0.1, -0.05) is 15.9 Å². The first-order valence-corrected chi connectivity index (χ1v) is 13.1. The predicted octanol–water partition coefficient (Wildman–Crippen LogP) is 4.30. The van der Waals surface area contributed by atoms with Gasteiger partial charge in [0.25, 0.3) is 5.92 Å². The number of alkyl halides is 2. The Balaban J connectivity index is 1.38.